The second kappa shape index (κ2) is 6.34. The summed E-state index contributed by atoms with van der Waals surface area (Å²) in [5.74, 6) is 0.885. The fourth-order valence-electron chi connectivity index (χ4n) is 3.00. The normalized spacial score (nSPS) is 15.5. The Kier molecular flexibility index (Phi) is 4.26. The van der Waals surface area contributed by atoms with Crippen LogP contribution in [0.4, 0.5) is 5.82 Å². The van der Waals surface area contributed by atoms with Gasteiger partial charge in [0.1, 0.15) is 5.70 Å². The number of hydrogen-bond donors (Lipinski definition) is 1. The van der Waals surface area contributed by atoms with Crippen LogP contribution in [-0.4, -0.2) is 22.5 Å². The average molecular weight is 307 g/mol. The molecule has 0 radical (unpaired) electrons. The Morgan fingerprint density at radius 1 is 1.35 bits per heavy atom. The summed E-state index contributed by atoms with van der Waals surface area (Å²) in [5, 5.41) is 7.77. The molecule has 3 rings (SSSR count). The molecule has 1 aliphatic carbocycles. The Morgan fingerprint density at radius 3 is 2.87 bits per heavy atom. The highest BCUT2D eigenvalue weighted by Gasteiger charge is 2.19. The number of nitrogens with two attached hydrogens (primary N) is 1. The lowest BCUT2D eigenvalue weighted by Gasteiger charge is -2.15. The second-order valence-corrected chi connectivity index (χ2v) is 5.87. The molecule has 4 heteroatoms. The lowest BCUT2D eigenvalue weighted by atomic mass is 9.94. The number of likely N-dealkylation sites (N-methyl/N-ethyl adjacent to an activating group) is 1. The molecular weight excluding hydrogens is 284 g/mol. The van der Waals surface area contributed by atoms with Gasteiger partial charge in [0.2, 0.25) is 0 Å². The summed E-state index contributed by atoms with van der Waals surface area (Å²) in [6, 6.07) is 8.11. The molecule has 118 valence electrons. The second-order valence-electron chi connectivity index (χ2n) is 5.87. The number of fused-ring (bicyclic) bond motifs is 1. The van der Waals surface area contributed by atoms with Crippen LogP contribution in [0.5, 0.6) is 0 Å². The molecule has 0 spiro atoms. The van der Waals surface area contributed by atoms with Crippen LogP contribution < -0.4 is 5.32 Å². The molecule has 0 saturated heterocycles. The largest absolute Gasteiger partial charge is 0.316 e. The van der Waals surface area contributed by atoms with Crippen LogP contribution >= 0.6 is 0 Å². The summed E-state index contributed by atoms with van der Waals surface area (Å²) in [6.07, 6.45) is 6.44. The van der Waals surface area contributed by atoms with Crippen LogP contribution in [0.3, 0.4) is 0 Å². The first-order valence-electron chi connectivity index (χ1n) is 7.97. The van der Waals surface area contributed by atoms with E-state index >= 15 is 0 Å². The van der Waals surface area contributed by atoms with Crippen LogP contribution in [0.25, 0.3) is 10.9 Å². The van der Waals surface area contributed by atoms with Crippen LogP contribution in [0.15, 0.2) is 64.8 Å². The first-order valence-corrected chi connectivity index (χ1v) is 7.97. The first-order chi connectivity index (χ1) is 11.1. The minimum atomic E-state index is 0.885. The fourth-order valence-corrected chi connectivity index (χ4v) is 3.00. The number of aliphatic imine (C=N–C) groups is 1. The third kappa shape index (κ3) is 2.90. The topological polar surface area (TPSA) is 46.8 Å². The van der Waals surface area contributed by atoms with Gasteiger partial charge >= 0.3 is 0 Å². The molecule has 1 heterocycles. The molecule has 0 fully saturated rings. The smallest absolute Gasteiger partial charge is 0.158 e. The van der Waals surface area contributed by atoms with E-state index in [9.17, 15) is 0 Å². The van der Waals surface area contributed by atoms with Crippen molar-refractivity contribution in [3.05, 3.63) is 59.8 Å². The minimum absolute atomic E-state index is 0.885. The van der Waals surface area contributed by atoms with E-state index in [0.717, 1.165) is 40.8 Å². The van der Waals surface area contributed by atoms with E-state index in [2.05, 4.69) is 42.3 Å². The van der Waals surface area contributed by atoms with E-state index < -0.39 is 0 Å². The quantitative estimate of drug-likeness (QED) is 0.867. The van der Waals surface area contributed by atoms with Gasteiger partial charge in [0, 0.05) is 18.0 Å². The average Bonchev–Trinajstić information content (AvgIpc) is 2.87. The maximum Gasteiger partial charge on any atom is 0.158 e. The van der Waals surface area contributed by atoms with E-state index in [-0.39, 0.29) is 0 Å². The monoisotopic (exact) mass is 307 g/mol. The maximum absolute atomic E-state index is 4.97. The van der Waals surface area contributed by atoms with Gasteiger partial charge in [-0.25, -0.2) is 9.67 Å². The Bertz CT molecular complexity index is 849. The summed E-state index contributed by atoms with van der Waals surface area (Å²) in [4.78, 5) is 4.97. The van der Waals surface area contributed by atoms with Crippen molar-refractivity contribution in [1.82, 2.24) is 9.78 Å². The molecular formula is C19H23N4+. The lowest BCUT2D eigenvalue weighted by molar-refractivity contribution is -0.572. The van der Waals surface area contributed by atoms with Crippen molar-refractivity contribution in [2.75, 3.05) is 7.05 Å². The Morgan fingerprint density at radius 2 is 2.13 bits per heavy atom. The minimum Gasteiger partial charge on any atom is -0.316 e. The van der Waals surface area contributed by atoms with Gasteiger partial charge in [-0.15, -0.1) is 0 Å². The summed E-state index contributed by atoms with van der Waals surface area (Å²) in [5.41, 5.74) is 5.45. The Balaban J connectivity index is 2.20. The number of benzene rings is 1. The van der Waals surface area contributed by atoms with Crippen molar-refractivity contribution in [3.63, 3.8) is 0 Å². The molecule has 0 atom stereocenters. The van der Waals surface area contributed by atoms with Gasteiger partial charge in [-0.05, 0) is 43.5 Å². The molecule has 0 bridgehead atoms. The number of quaternary nitrogens is 1. The number of rotatable bonds is 4. The highest BCUT2D eigenvalue weighted by Crippen LogP contribution is 2.28. The van der Waals surface area contributed by atoms with Crippen molar-refractivity contribution in [3.8, 4) is 0 Å². The van der Waals surface area contributed by atoms with Gasteiger partial charge in [0.05, 0.1) is 18.3 Å². The number of hydrogen-bond acceptors (Lipinski definition) is 2. The predicted octanol–water partition coefficient (Wildman–Crippen LogP) is 3.02. The van der Waals surface area contributed by atoms with E-state index in [1.165, 1.54) is 11.3 Å². The number of aryl methyl sites for hydroxylation is 1. The van der Waals surface area contributed by atoms with Crippen molar-refractivity contribution in [1.29, 1.82) is 0 Å². The maximum atomic E-state index is 4.97. The molecule has 4 nitrogen and oxygen atoms in total. The van der Waals surface area contributed by atoms with Gasteiger partial charge in [0.15, 0.2) is 5.82 Å². The fraction of sp³-hybridized carbons (Fsp3) is 0.263. The first kappa shape index (κ1) is 15.4. The lowest BCUT2D eigenvalue weighted by Crippen LogP contribution is -2.77. The predicted molar refractivity (Wildman–Crippen MR) is 95.9 cm³/mol. The van der Waals surface area contributed by atoms with Crippen LogP contribution in [0.2, 0.25) is 0 Å². The summed E-state index contributed by atoms with van der Waals surface area (Å²) >= 11 is 0. The summed E-state index contributed by atoms with van der Waals surface area (Å²) in [7, 11) is 4.01. The number of allylic oxidation sites excluding steroid dienone is 4. The number of aromatic nitrogens is 2. The molecule has 2 aromatic rings. The van der Waals surface area contributed by atoms with Crippen LogP contribution in [-0.2, 0) is 7.05 Å². The van der Waals surface area contributed by atoms with Gasteiger partial charge in [-0.3, -0.25) is 0 Å². The van der Waals surface area contributed by atoms with Gasteiger partial charge in [-0.2, -0.15) is 5.10 Å². The highest BCUT2D eigenvalue weighted by molar-refractivity contribution is 6.14. The summed E-state index contributed by atoms with van der Waals surface area (Å²) in [6.45, 7) is 6.18. The molecule has 2 N–H and O–H groups in total. The molecule has 0 amide bonds. The molecule has 0 saturated carbocycles. The van der Waals surface area contributed by atoms with E-state index in [0.29, 0.717) is 0 Å². The van der Waals surface area contributed by atoms with Gasteiger partial charge < -0.3 is 5.32 Å². The van der Waals surface area contributed by atoms with Crippen molar-refractivity contribution >= 4 is 22.4 Å². The van der Waals surface area contributed by atoms with Crippen molar-refractivity contribution < 1.29 is 5.32 Å². The standard InChI is InChI=1S/C19H22N4/c1-13(2)18(14-9-5-7-11-16(14)20-3)21-19-15-10-6-8-12-17(15)22-23(19)4/h6-8,10-12,20H,1,5,9H2,2-4H3/p+1/b21-18+. The number of nitrogens with zero attached hydrogens (tertiary/aromatic N) is 3. The van der Waals surface area contributed by atoms with Gasteiger partial charge in [0.25, 0.3) is 0 Å². The van der Waals surface area contributed by atoms with E-state index in [1.54, 1.807) is 0 Å². The van der Waals surface area contributed by atoms with Gasteiger partial charge in [-0.1, -0.05) is 24.8 Å². The molecule has 23 heavy (non-hydrogen) atoms. The zero-order valence-electron chi connectivity index (χ0n) is 14.0. The third-order valence-corrected chi connectivity index (χ3v) is 4.13. The van der Waals surface area contributed by atoms with Crippen LogP contribution in [0.1, 0.15) is 19.8 Å². The highest BCUT2D eigenvalue weighted by atomic mass is 15.3. The van der Waals surface area contributed by atoms with Crippen molar-refractivity contribution in [2.24, 2.45) is 12.0 Å². The zero-order chi connectivity index (χ0) is 16.4. The van der Waals surface area contributed by atoms with Crippen LogP contribution in [0, 0.1) is 0 Å². The Hall–Kier alpha value is -2.46. The summed E-state index contributed by atoms with van der Waals surface area (Å²) < 4.78 is 1.85. The Labute approximate surface area is 136 Å². The van der Waals surface area contributed by atoms with Crippen molar-refractivity contribution in [2.45, 2.75) is 19.8 Å². The third-order valence-electron chi connectivity index (χ3n) is 4.13. The SMILES string of the molecule is C=C(C)/C(=N\c1c2ccccc2nn1C)C1=C([NH2+]C)C=CCC1. The zero-order valence-corrected chi connectivity index (χ0v) is 14.0. The molecule has 1 aliphatic rings. The van der Waals surface area contributed by atoms with E-state index in [1.807, 2.05) is 36.9 Å². The molecule has 1 aromatic carbocycles. The van der Waals surface area contributed by atoms with E-state index in [4.69, 9.17) is 4.99 Å². The molecule has 1 aromatic heterocycles. The molecule has 0 aliphatic heterocycles. The molecule has 0 unspecified atom stereocenters.